The Morgan fingerprint density at radius 2 is 1.65 bits per heavy atom. The van der Waals surface area contributed by atoms with Crippen molar-refractivity contribution in [2.75, 3.05) is 21.3 Å². The predicted octanol–water partition coefficient (Wildman–Crippen LogP) is 2.16. The van der Waals surface area contributed by atoms with Crippen molar-refractivity contribution in [3.63, 3.8) is 0 Å². The Balaban J connectivity index is 3.17. The van der Waals surface area contributed by atoms with Crippen molar-refractivity contribution in [1.82, 2.24) is 0 Å². The van der Waals surface area contributed by atoms with Gasteiger partial charge in [-0.1, -0.05) is 13.0 Å². The van der Waals surface area contributed by atoms with E-state index >= 15 is 0 Å². The minimum Gasteiger partial charge on any atom is -0.496 e. The number of benzene rings is 1. The molecule has 17 heavy (non-hydrogen) atoms. The van der Waals surface area contributed by atoms with Crippen LogP contribution in [-0.2, 0) is 4.74 Å². The first-order chi connectivity index (χ1) is 8.19. The molecule has 1 N–H and O–H groups in total. The summed E-state index contributed by atoms with van der Waals surface area (Å²) in [5, 5.41) is 10.3. The van der Waals surface area contributed by atoms with Crippen LogP contribution in [0.2, 0.25) is 0 Å². The second-order valence-corrected chi connectivity index (χ2v) is 3.70. The molecular formula is C13H20O4. The second kappa shape index (κ2) is 6.47. The van der Waals surface area contributed by atoms with Gasteiger partial charge < -0.3 is 19.3 Å². The summed E-state index contributed by atoms with van der Waals surface area (Å²) in [5.41, 5.74) is 0.631. The molecule has 0 bridgehead atoms. The van der Waals surface area contributed by atoms with Gasteiger partial charge in [-0.2, -0.15) is 0 Å². The molecule has 0 spiro atoms. The Morgan fingerprint density at radius 1 is 1.12 bits per heavy atom. The Hall–Kier alpha value is -1.26. The lowest BCUT2D eigenvalue weighted by molar-refractivity contribution is -0.0168. The van der Waals surface area contributed by atoms with Gasteiger partial charge in [0.2, 0.25) is 0 Å². The fraction of sp³-hybridized carbons (Fsp3) is 0.538. The van der Waals surface area contributed by atoms with E-state index in [1.54, 1.807) is 33.5 Å². The standard InChI is InChI=1S/C13H20O4/c1-5-9(15-2)13(14)12-10(16-3)7-6-8-11(12)17-4/h6-9,13-14H,5H2,1-4H3. The molecule has 1 aromatic rings. The fourth-order valence-corrected chi connectivity index (χ4v) is 1.88. The van der Waals surface area contributed by atoms with E-state index in [0.717, 1.165) is 0 Å². The molecule has 2 unspecified atom stereocenters. The lowest BCUT2D eigenvalue weighted by Crippen LogP contribution is -2.21. The molecule has 4 heteroatoms. The summed E-state index contributed by atoms with van der Waals surface area (Å²) in [6, 6.07) is 5.41. The van der Waals surface area contributed by atoms with Crippen LogP contribution in [0.3, 0.4) is 0 Å². The van der Waals surface area contributed by atoms with Crippen LogP contribution >= 0.6 is 0 Å². The highest BCUT2D eigenvalue weighted by atomic mass is 16.5. The van der Waals surface area contributed by atoms with Gasteiger partial charge in [-0.05, 0) is 18.6 Å². The Labute approximate surface area is 102 Å². The van der Waals surface area contributed by atoms with E-state index in [1.807, 2.05) is 13.0 Å². The maximum atomic E-state index is 10.3. The number of aliphatic hydroxyl groups excluding tert-OH is 1. The van der Waals surface area contributed by atoms with Crippen LogP contribution in [-0.4, -0.2) is 32.5 Å². The summed E-state index contributed by atoms with van der Waals surface area (Å²) in [4.78, 5) is 0. The summed E-state index contributed by atoms with van der Waals surface area (Å²) in [5.74, 6) is 1.21. The molecule has 0 aromatic heterocycles. The van der Waals surface area contributed by atoms with Gasteiger partial charge in [0.05, 0.1) is 25.9 Å². The molecule has 1 rings (SSSR count). The second-order valence-electron chi connectivity index (χ2n) is 3.70. The zero-order chi connectivity index (χ0) is 12.8. The highest BCUT2D eigenvalue weighted by Crippen LogP contribution is 2.36. The summed E-state index contributed by atoms with van der Waals surface area (Å²) >= 11 is 0. The van der Waals surface area contributed by atoms with Crippen molar-refractivity contribution in [2.45, 2.75) is 25.6 Å². The number of aliphatic hydroxyl groups is 1. The Kier molecular flexibility index (Phi) is 5.25. The predicted molar refractivity (Wildman–Crippen MR) is 65.6 cm³/mol. The van der Waals surface area contributed by atoms with Gasteiger partial charge in [0, 0.05) is 7.11 Å². The number of hydrogen-bond acceptors (Lipinski definition) is 4. The van der Waals surface area contributed by atoms with Gasteiger partial charge in [0.15, 0.2) is 0 Å². The molecule has 0 radical (unpaired) electrons. The quantitative estimate of drug-likeness (QED) is 0.827. The monoisotopic (exact) mass is 240 g/mol. The van der Waals surface area contributed by atoms with Crippen molar-refractivity contribution in [3.05, 3.63) is 23.8 Å². The van der Waals surface area contributed by atoms with Gasteiger partial charge in [-0.25, -0.2) is 0 Å². The minimum absolute atomic E-state index is 0.278. The van der Waals surface area contributed by atoms with E-state index in [9.17, 15) is 5.11 Å². The first-order valence-electron chi connectivity index (χ1n) is 5.61. The smallest absolute Gasteiger partial charge is 0.128 e. The molecule has 96 valence electrons. The molecule has 0 aliphatic rings. The van der Waals surface area contributed by atoms with Crippen molar-refractivity contribution in [2.24, 2.45) is 0 Å². The van der Waals surface area contributed by atoms with Gasteiger partial charge in [-0.15, -0.1) is 0 Å². The van der Waals surface area contributed by atoms with E-state index in [4.69, 9.17) is 14.2 Å². The zero-order valence-electron chi connectivity index (χ0n) is 10.8. The molecule has 0 fully saturated rings. The number of methoxy groups -OCH3 is 3. The Morgan fingerprint density at radius 3 is 2.00 bits per heavy atom. The topological polar surface area (TPSA) is 47.9 Å². The van der Waals surface area contributed by atoms with Gasteiger partial charge in [0.25, 0.3) is 0 Å². The number of ether oxygens (including phenoxy) is 3. The highest BCUT2D eigenvalue weighted by molar-refractivity contribution is 5.46. The molecule has 0 saturated heterocycles. The Bertz CT molecular complexity index is 325. The van der Waals surface area contributed by atoms with Crippen molar-refractivity contribution < 1.29 is 19.3 Å². The molecule has 4 nitrogen and oxygen atoms in total. The molecule has 0 aliphatic heterocycles. The van der Waals surface area contributed by atoms with Crippen molar-refractivity contribution in [1.29, 1.82) is 0 Å². The van der Waals surface area contributed by atoms with Crippen LogP contribution in [0.25, 0.3) is 0 Å². The normalized spacial score (nSPS) is 14.2. The van der Waals surface area contributed by atoms with E-state index in [1.165, 1.54) is 0 Å². The van der Waals surface area contributed by atoms with E-state index < -0.39 is 6.10 Å². The van der Waals surface area contributed by atoms with Crippen LogP contribution < -0.4 is 9.47 Å². The summed E-state index contributed by atoms with van der Waals surface area (Å²) < 4.78 is 15.8. The van der Waals surface area contributed by atoms with Gasteiger partial charge in [0.1, 0.15) is 17.6 Å². The summed E-state index contributed by atoms with van der Waals surface area (Å²) in [7, 11) is 4.72. The van der Waals surface area contributed by atoms with E-state index in [0.29, 0.717) is 23.5 Å². The van der Waals surface area contributed by atoms with Gasteiger partial charge in [-0.3, -0.25) is 0 Å². The molecule has 0 aliphatic carbocycles. The van der Waals surface area contributed by atoms with Crippen LogP contribution in [0.15, 0.2) is 18.2 Å². The molecular weight excluding hydrogens is 220 g/mol. The minimum atomic E-state index is -0.768. The molecule has 0 amide bonds. The highest BCUT2D eigenvalue weighted by Gasteiger charge is 2.25. The molecule has 0 saturated carbocycles. The zero-order valence-corrected chi connectivity index (χ0v) is 10.8. The number of rotatable bonds is 6. The lowest BCUT2D eigenvalue weighted by Gasteiger charge is -2.23. The molecule has 1 aromatic carbocycles. The fourth-order valence-electron chi connectivity index (χ4n) is 1.88. The SMILES string of the molecule is CCC(OC)C(O)c1c(OC)cccc1OC. The molecule has 2 atom stereocenters. The average molecular weight is 240 g/mol. The van der Waals surface area contributed by atoms with Crippen LogP contribution in [0.1, 0.15) is 25.0 Å². The molecule has 0 heterocycles. The third kappa shape index (κ3) is 2.90. The average Bonchev–Trinajstić information content (AvgIpc) is 2.38. The van der Waals surface area contributed by atoms with Crippen LogP contribution in [0, 0.1) is 0 Å². The maximum Gasteiger partial charge on any atom is 0.128 e. The third-order valence-electron chi connectivity index (χ3n) is 2.82. The maximum absolute atomic E-state index is 10.3. The number of hydrogen-bond donors (Lipinski definition) is 1. The van der Waals surface area contributed by atoms with Crippen LogP contribution in [0.4, 0.5) is 0 Å². The van der Waals surface area contributed by atoms with Crippen LogP contribution in [0.5, 0.6) is 11.5 Å². The summed E-state index contributed by atoms with van der Waals surface area (Å²) in [6.07, 6.45) is -0.338. The van der Waals surface area contributed by atoms with Gasteiger partial charge >= 0.3 is 0 Å². The lowest BCUT2D eigenvalue weighted by atomic mass is 10.0. The van der Waals surface area contributed by atoms with E-state index in [2.05, 4.69) is 0 Å². The van der Waals surface area contributed by atoms with Crippen molar-refractivity contribution in [3.8, 4) is 11.5 Å². The third-order valence-corrected chi connectivity index (χ3v) is 2.82. The first-order valence-corrected chi connectivity index (χ1v) is 5.61. The largest absolute Gasteiger partial charge is 0.496 e. The van der Waals surface area contributed by atoms with Crippen molar-refractivity contribution >= 4 is 0 Å². The summed E-state index contributed by atoms with van der Waals surface area (Å²) in [6.45, 7) is 1.96. The van der Waals surface area contributed by atoms with E-state index in [-0.39, 0.29) is 6.10 Å². The first kappa shape index (κ1) is 13.8.